The minimum Gasteiger partial charge on any atom is -0.347 e. The summed E-state index contributed by atoms with van der Waals surface area (Å²) in [5.41, 5.74) is 1.00. The lowest BCUT2D eigenvalue weighted by Crippen LogP contribution is -2.25. The van der Waals surface area contributed by atoms with Crippen LogP contribution in [0.2, 0.25) is 0 Å². The third-order valence-electron chi connectivity index (χ3n) is 2.31. The van der Waals surface area contributed by atoms with Crippen LogP contribution in [0.4, 0.5) is 0 Å². The van der Waals surface area contributed by atoms with Crippen LogP contribution < -0.4 is 10.9 Å². The Balaban J connectivity index is 0.000000861. The highest BCUT2D eigenvalue weighted by Crippen LogP contribution is 1.98. The van der Waals surface area contributed by atoms with Gasteiger partial charge < -0.3 is 10.3 Å². The van der Waals surface area contributed by atoms with E-state index in [4.69, 9.17) is 0 Å². The maximum absolute atomic E-state index is 11.7. The lowest BCUT2D eigenvalue weighted by molar-refractivity contribution is 0.0945. The van der Waals surface area contributed by atoms with Gasteiger partial charge in [-0.05, 0) is 11.6 Å². The summed E-state index contributed by atoms with van der Waals surface area (Å²) in [6.45, 7) is 4.44. The van der Waals surface area contributed by atoms with Crippen LogP contribution in [0.3, 0.4) is 0 Å². The van der Waals surface area contributed by atoms with E-state index in [9.17, 15) is 9.59 Å². The molecule has 1 amide bonds. The number of rotatable bonds is 3. The number of hydrogen-bond acceptors (Lipinski definition) is 2. The van der Waals surface area contributed by atoms with Gasteiger partial charge in [-0.1, -0.05) is 50.2 Å². The molecule has 0 radical (unpaired) electrons. The Hall–Kier alpha value is -2.36. The number of amides is 1. The van der Waals surface area contributed by atoms with Crippen molar-refractivity contribution in [3.63, 3.8) is 0 Å². The standard InChI is InChI=1S/C13H12N2O2.C2H6/c16-12-8-4-7-11(15-12)13(17)14-9-10-5-2-1-3-6-10;1-2/h1-8H,9H2,(H,14,17)(H,15,16);1-2H3. The van der Waals surface area contributed by atoms with Gasteiger partial charge in [0.2, 0.25) is 5.56 Å². The Morgan fingerprint density at radius 1 is 1.05 bits per heavy atom. The first kappa shape index (κ1) is 14.7. The number of aromatic nitrogens is 1. The lowest BCUT2D eigenvalue weighted by Gasteiger charge is -2.04. The van der Waals surface area contributed by atoms with Gasteiger partial charge in [0.25, 0.3) is 5.91 Å². The van der Waals surface area contributed by atoms with Crippen LogP contribution in [0.15, 0.2) is 53.3 Å². The average molecular weight is 258 g/mol. The highest BCUT2D eigenvalue weighted by molar-refractivity contribution is 5.92. The quantitative estimate of drug-likeness (QED) is 0.887. The highest BCUT2D eigenvalue weighted by atomic mass is 16.2. The molecule has 0 spiro atoms. The average Bonchev–Trinajstić information content (AvgIpc) is 2.48. The molecular weight excluding hydrogens is 240 g/mol. The van der Waals surface area contributed by atoms with Crippen molar-refractivity contribution < 1.29 is 4.79 Å². The zero-order valence-corrected chi connectivity index (χ0v) is 11.1. The van der Waals surface area contributed by atoms with Crippen LogP contribution >= 0.6 is 0 Å². The number of carbonyl (C=O) groups excluding carboxylic acids is 1. The minimum absolute atomic E-state index is 0.272. The number of aromatic amines is 1. The molecule has 0 atom stereocenters. The fourth-order valence-electron chi connectivity index (χ4n) is 1.45. The molecule has 2 N–H and O–H groups in total. The van der Waals surface area contributed by atoms with Crippen molar-refractivity contribution in [2.45, 2.75) is 20.4 Å². The molecule has 2 rings (SSSR count). The van der Waals surface area contributed by atoms with E-state index in [1.807, 2.05) is 44.2 Å². The minimum atomic E-state index is -0.286. The summed E-state index contributed by atoms with van der Waals surface area (Å²) in [6, 6.07) is 14.1. The van der Waals surface area contributed by atoms with Gasteiger partial charge in [0, 0.05) is 12.6 Å². The summed E-state index contributed by atoms with van der Waals surface area (Å²) < 4.78 is 0. The van der Waals surface area contributed by atoms with Crippen LogP contribution in [-0.2, 0) is 6.54 Å². The Morgan fingerprint density at radius 2 is 1.74 bits per heavy atom. The van der Waals surface area contributed by atoms with Crippen LogP contribution in [0.25, 0.3) is 0 Å². The first-order chi connectivity index (χ1) is 9.25. The van der Waals surface area contributed by atoms with E-state index in [0.29, 0.717) is 6.54 Å². The van der Waals surface area contributed by atoms with Gasteiger partial charge in [0.05, 0.1) is 0 Å². The third kappa shape index (κ3) is 4.79. The molecule has 2 aromatic rings. The summed E-state index contributed by atoms with van der Waals surface area (Å²) in [4.78, 5) is 25.2. The third-order valence-corrected chi connectivity index (χ3v) is 2.31. The van der Waals surface area contributed by atoms with E-state index in [1.54, 1.807) is 12.1 Å². The molecule has 100 valence electrons. The van der Waals surface area contributed by atoms with Gasteiger partial charge in [-0.15, -0.1) is 0 Å². The normalized spacial score (nSPS) is 9.16. The molecule has 1 aromatic heterocycles. The van der Waals surface area contributed by atoms with Gasteiger partial charge in [-0.3, -0.25) is 9.59 Å². The number of benzene rings is 1. The van der Waals surface area contributed by atoms with Crippen molar-refractivity contribution in [1.29, 1.82) is 0 Å². The maximum atomic E-state index is 11.7. The zero-order chi connectivity index (χ0) is 14.1. The molecule has 0 aliphatic rings. The molecule has 4 heteroatoms. The van der Waals surface area contributed by atoms with Crippen LogP contribution in [0.1, 0.15) is 29.9 Å². The summed E-state index contributed by atoms with van der Waals surface area (Å²) in [7, 11) is 0. The monoisotopic (exact) mass is 258 g/mol. The van der Waals surface area contributed by atoms with Crippen molar-refractivity contribution in [3.8, 4) is 0 Å². The number of nitrogens with one attached hydrogen (secondary N) is 2. The fraction of sp³-hybridized carbons (Fsp3) is 0.200. The molecule has 19 heavy (non-hydrogen) atoms. The molecule has 0 aliphatic heterocycles. The van der Waals surface area contributed by atoms with Crippen LogP contribution in [0, 0.1) is 0 Å². The summed E-state index contributed by atoms with van der Waals surface area (Å²) >= 11 is 0. The second kappa shape index (κ2) is 7.87. The molecule has 0 saturated heterocycles. The molecule has 1 heterocycles. The SMILES string of the molecule is CC.O=C(NCc1ccccc1)c1cccc(=O)[nH]1. The number of carbonyl (C=O) groups is 1. The molecular formula is C15H18N2O2. The van der Waals surface area contributed by atoms with Crippen LogP contribution in [-0.4, -0.2) is 10.9 Å². The van der Waals surface area contributed by atoms with Gasteiger partial charge in [0.1, 0.15) is 5.69 Å². The smallest absolute Gasteiger partial charge is 0.268 e. The van der Waals surface area contributed by atoms with E-state index in [1.165, 1.54) is 6.07 Å². The predicted octanol–water partition coefficient (Wildman–Crippen LogP) is 2.33. The maximum Gasteiger partial charge on any atom is 0.268 e. The summed E-state index contributed by atoms with van der Waals surface area (Å²) in [5.74, 6) is -0.286. The van der Waals surface area contributed by atoms with Crippen molar-refractivity contribution in [1.82, 2.24) is 10.3 Å². The van der Waals surface area contributed by atoms with Crippen molar-refractivity contribution in [3.05, 3.63) is 70.1 Å². The van der Waals surface area contributed by atoms with E-state index >= 15 is 0 Å². The topological polar surface area (TPSA) is 62.0 Å². The Kier molecular flexibility index (Phi) is 6.09. The lowest BCUT2D eigenvalue weighted by atomic mass is 10.2. The second-order valence-corrected chi connectivity index (χ2v) is 3.60. The van der Waals surface area contributed by atoms with Crippen molar-refractivity contribution >= 4 is 5.91 Å². The van der Waals surface area contributed by atoms with Gasteiger partial charge in [0.15, 0.2) is 0 Å². The van der Waals surface area contributed by atoms with Crippen LogP contribution in [0.5, 0.6) is 0 Å². The van der Waals surface area contributed by atoms with E-state index in [2.05, 4.69) is 10.3 Å². The molecule has 0 fully saturated rings. The van der Waals surface area contributed by atoms with E-state index in [0.717, 1.165) is 5.56 Å². The van der Waals surface area contributed by atoms with E-state index < -0.39 is 0 Å². The Morgan fingerprint density at radius 3 is 2.37 bits per heavy atom. The number of H-pyrrole nitrogens is 1. The zero-order valence-electron chi connectivity index (χ0n) is 11.1. The van der Waals surface area contributed by atoms with Gasteiger partial charge >= 0.3 is 0 Å². The summed E-state index contributed by atoms with van der Waals surface area (Å²) in [5, 5.41) is 2.73. The molecule has 1 aromatic carbocycles. The first-order valence-corrected chi connectivity index (χ1v) is 6.27. The molecule has 0 unspecified atom stereocenters. The molecule has 0 aliphatic carbocycles. The fourth-order valence-corrected chi connectivity index (χ4v) is 1.45. The molecule has 4 nitrogen and oxygen atoms in total. The van der Waals surface area contributed by atoms with Gasteiger partial charge in [-0.2, -0.15) is 0 Å². The van der Waals surface area contributed by atoms with Crippen molar-refractivity contribution in [2.24, 2.45) is 0 Å². The largest absolute Gasteiger partial charge is 0.347 e. The first-order valence-electron chi connectivity index (χ1n) is 6.27. The van der Waals surface area contributed by atoms with E-state index in [-0.39, 0.29) is 17.2 Å². The Bertz CT molecular complexity index is 562. The highest BCUT2D eigenvalue weighted by Gasteiger charge is 2.04. The number of pyridine rings is 1. The number of hydrogen-bond donors (Lipinski definition) is 2. The summed E-state index contributed by atoms with van der Waals surface area (Å²) in [6.07, 6.45) is 0. The second-order valence-electron chi connectivity index (χ2n) is 3.60. The molecule has 0 bridgehead atoms. The predicted molar refractivity (Wildman–Crippen MR) is 76.0 cm³/mol. The van der Waals surface area contributed by atoms with Gasteiger partial charge in [-0.25, -0.2) is 0 Å². The molecule has 0 saturated carbocycles. The Labute approximate surface area is 112 Å². The van der Waals surface area contributed by atoms with Crippen molar-refractivity contribution in [2.75, 3.05) is 0 Å².